The third kappa shape index (κ3) is 2.93. The van der Waals surface area contributed by atoms with Gasteiger partial charge in [-0.15, -0.1) is 0 Å². The van der Waals surface area contributed by atoms with E-state index in [4.69, 9.17) is 51.1 Å². The summed E-state index contributed by atoms with van der Waals surface area (Å²) in [6, 6.07) is 4.18. The standard InChI is InChI=1S/C10H7Cl4FO/c11-7-1-6(2-8(15)3-7)9(5-16-9)4-10(12,13)14/h1-3H,4-5H2. The number of epoxide rings is 1. The molecule has 0 N–H and O–H groups in total. The first-order valence-corrected chi connectivity index (χ1v) is 5.99. The molecule has 1 aliphatic heterocycles. The van der Waals surface area contributed by atoms with Crippen molar-refractivity contribution in [2.24, 2.45) is 0 Å². The average molecular weight is 304 g/mol. The predicted molar refractivity (Wildman–Crippen MR) is 63.9 cm³/mol. The average Bonchev–Trinajstić information content (AvgIpc) is 2.80. The molecular formula is C10H7Cl4FO. The summed E-state index contributed by atoms with van der Waals surface area (Å²) >= 11 is 22.9. The second-order valence-electron chi connectivity index (χ2n) is 3.73. The molecule has 1 atom stereocenters. The van der Waals surface area contributed by atoms with Crippen LogP contribution in [0.25, 0.3) is 0 Å². The van der Waals surface area contributed by atoms with E-state index in [-0.39, 0.29) is 6.42 Å². The van der Waals surface area contributed by atoms with Gasteiger partial charge in [0.15, 0.2) is 3.79 Å². The van der Waals surface area contributed by atoms with Gasteiger partial charge in [0.05, 0.1) is 6.61 Å². The van der Waals surface area contributed by atoms with Crippen LogP contribution in [-0.4, -0.2) is 10.4 Å². The fraction of sp³-hybridized carbons (Fsp3) is 0.400. The van der Waals surface area contributed by atoms with Crippen LogP contribution >= 0.6 is 46.4 Å². The van der Waals surface area contributed by atoms with E-state index in [0.717, 1.165) is 0 Å². The van der Waals surface area contributed by atoms with E-state index in [0.29, 0.717) is 17.2 Å². The smallest absolute Gasteiger partial charge is 0.193 e. The predicted octanol–water partition coefficient (Wildman–Crippen LogP) is 4.46. The Balaban J connectivity index is 2.30. The van der Waals surface area contributed by atoms with Crippen molar-refractivity contribution in [1.82, 2.24) is 0 Å². The molecular weight excluding hydrogens is 297 g/mol. The number of halogens is 5. The van der Waals surface area contributed by atoms with Gasteiger partial charge in [0.1, 0.15) is 11.4 Å². The number of alkyl halides is 3. The minimum absolute atomic E-state index is 0.171. The highest BCUT2D eigenvalue weighted by atomic mass is 35.6. The summed E-state index contributed by atoms with van der Waals surface area (Å²) < 4.78 is 17.0. The van der Waals surface area contributed by atoms with Crippen LogP contribution < -0.4 is 0 Å². The second-order valence-corrected chi connectivity index (χ2v) is 6.69. The Morgan fingerprint density at radius 2 is 1.94 bits per heavy atom. The lowest BCUT2D eigenvalue weighted by atomic mass is 9.97. The van der Waals surface area contributed by atoms with Crippen molar-refractivity contribution < 1.29 is 9.13 Å². The molecule has 0 amide bonds. The molecule has 0 spiro atoms. The van der Waals surface area contributed by atoms with Crippen molar-refractivity contribution in [2.45, 2.75) is 15.8 Å². The van der Waals surface area contributed by atoms with Crippen LogP contribution in [0.3, 0.4) is 0 Å². The van der Waals surface area contributed by atoms with Crippen molar-refractivity contribution >= 4 is 46.4 Å². The Labute approximate surface area is 112 Å². The first-order chi connectivity index (χ1) is 7.31. The molecule has 0 bridgehead atoms. The largest absolute Gasteiger partial charge is 0.364 e. The van der Waals surface area contributed by atoms with Crippen molar-refractivity contribution in [3.8, 4) is 0 Å². The Bertz CT molecular complexity index is 392. The normalized spacial score (nSPS) is 24.6. The van der Waals surface area contributed by atoms with Crippen molar-refractivity contribution in [2.75, 3.05) is 6.61 Å². The van der Waals surface area contributed by atoms with E-state index in [1.165, 1.54) is 12.1 Å². The number of hydrogen-bond donors (Lipinski definition) is 0. The van der Waals surface area contributed by atoms with Crippen molar-refractivity contribution in [3.05, 3.63) is 34.6 Å². The molecule has 1 aliphatic rings. The van der Waals surface area contributed by atoms with Gasteiger partial charge in [-0.25, -0.2) is 4.39 Å². The molecule has 2 rings (SSSR count). The van der Waals surface area contributed by atoms with Gasteiger partial charge >= 0.3 is 0 Å². The highest BCUT2D eigenvalue weighted by Gasteiger charge is 2.51. The lowest BCUT2D eigenvalue weighted by Crippen LogP contribution is -2.18. The monoisotopic (exact) mass is 302 g/mol. The Hall–Kier alpha value is 0.270. The molecule has 0 radical (unpaired) electrons. The number of benzene rings is 1. The first kappa shape index (κ1) is 12.7. The fourth-order valence-corrected chi connectivity index (χ4v) is 2.47. The zero-order valence-corrected chi connectivity index (χ0v) is 11.0. The maximum Gasteiger partial charge on any atom is 0.193 e. The fourth-order valence-electron chi connectivity index (χ4n) is 1.60. The summed E-state index contributed by atoms with van der Waals surface area (Å²) in [5.74, 6) is -0.429. The van der Waals surface area contributed by atoms with Gasteiger partial charge in [0.25, 0.3) is 0 Å². The lowest BCUT2D eigenvalue weighted by molar-refractivity contribution is 0.294. The topological polar surface area (TPSA) is 12.5 Å². The number of rotatable bonds is 2. The van der Waals surface area contributed by atoms with Gasteiger partial charge in [0.2, 0.25) is 0 Å². The second kappa shape index (κ2) is 4.18. The molecule has 1 saturated heterocycles. The molecule has 1 nitrogen and oxygen atoms in total. The molecule has 1 unspecified atom stereocenters. The molecule has 1 aromatic rings. The quantitative estimate of drug-likeness (QED) is 0.580. The molecule has 88 valence electrons. The van der Waals surface area contributed by atoms with Gasteiger partial charge in [-0.2, -0.15) is 0 Å². The molecule has 1 heterocycles. The van der Waals surface area contributed by atoms with Crippen LogP contribution in [0.15, 0.2) is 18.2 Å². The van der Waals surface area contributed by atoms with E-state index in [1.54, 1.807) is 6.07 Å². The highest BCUT2D eigenvalue weighted by Crippen LogP contribution is 2.50. The maximum atomic E-state index is 13.2. The zero-order valence-electron chi connectivity index (χ0n) is 7.94. The highest BCUT2D eigenvalue weighted by molar-refractivity contribution is 6.67. The van der Waals surface area contributed by atoms with Gasteiger partial charge in [0, 0.05) is 11.4 Å². The van der Waals surface area contributed by atoms with Crippen LogP contribution in [0.4, 0.5) is 4.39 Å². The molecule has 16 heavy (non-hydrogen) atoms. The molecule has 1 aromatic carbocycles. The van der Waals surface area contributed by atoms with Crippen LogP contribution in [0.2, 0.25) is 5.02 Å². The van der Waals surface area contributed by atoms with Crippen LogP contribution in [0.1, 0.15) is 12.0 Å². The Morgan fingerprint density at radius 3 is 2.38 bits per heavy atom. The van der Waals surface area contributed by atoms with Crippen molar-refractivity contribution in [3.63, 3.8) is 0 Å². The maximum absolute atomic E-state index is 13.2. The zero-order chi connectivity index (χ0) is 12.0. The SMILES string of the molecule is Fc1cc(Cl)cc(C2(CC(Cl)(Cl)Cl)CO2)c1. The van der Waals surface area contributed by atoms with E-state index >= 15 is 0 Å². The number of hydrogen-bond acceptors (Lipinski definition) is 1. The minimum Gasteiger partial charge on any atom is -0.364 e. The summed E-state index contributed by atoms with van der Waals surface area (Å²) in [5, 5.41) is 0.300. The van der Waals surface area contributed by atoms with E-state index < -0.39 is 15.2 Å². The minimum atomic E-state index is -1.44. The Morgan fingerprint density at radius 1 is 1.31 bits per heavy atom. The van der Waals surface area contributed by atoms with E-state index in [9.17, 15) is 4.39 Å². The molecule has 0 aromatic heterocycles. The van der Waals surface area contributed by atoms with Gasteiger partial charge in [-0.05, 0) is 23.8 Å². The van der Waals surface area contributed by atoms with Crippen LogP contribution in [0.5, 0.6) is 0 Å². The summed E-state index contributed by atoms with van der Waals surface area (Å²) in [6.07, 6.45) is 0.171. The van der Waals surface area contributed by atoms with E-state index in [1.807, 2.05) is 0 Å². The summed E-state index contributed by atoms with van der Waals surface area (Å²) in [7, 11) is 0. The van der Waals surface area contributed by atoms with Crippen LogP contribution in [0, 0.1) is 5.82 Å². The van der Waals surface area contributed by atoms with Gasteiger partial charge in [-0.3, -0.25) is 0 Å². The van der Waals surface area contributed by atoms with Crippen LogP contribution in [-0.2, 0) is 10.3 Å². The van der Waals surface area contributed by atoms with Crippen molar-refractivity contribution in [1.29, 1.82) is 0 Å². The first-order valence-electron chi connectivity index (χ1n) is 4.48. The summed E-state index contributed by atoms with van der Waals surface area (Å²) in [4.78, 5) is 0. The third-order valence-corrected chi connectivity index (χ3v) is 2.99. The van der Waals surface area contributed by atoms with Gasteiger partial charge < -0.3 is 4.74 Å². The third-order valence-electron chi connectivity index (χ3n) is 2.37. The van der Waals surface area contributed by atoms with E-state index in [2.05, 4.69) is 0 Å². The number of ether oxygens (including phenoxy) is 1. The summed E-state index contributed by atoms with van der Waals surface area (Å²) in [6.45, 7) is 0.403. The lowest BCUT2D eigenvalue weighted by Gasteiger charge is -2.18. The molecule has 1 fully saturated rings. The summed E-state index contributed by atoms with van der Waals surface area (Å²) in [5.41, 5.74) is -0.111. The molecule has 0 aliphatic carbocycles. The Kier molecular flexibility index (Phi) is 3.32. The molecule has 0 saturated carbocycles. The molecule has 6 heteroatoms. The van der Waals surface area contributed by atoms with Gasteiger partial charge in [-0.1, -0.05) is 46.4 Å².